The van der Waals surface area contributed by atoms with Crippen LogP contribution >= 0.6 is 11.8 Å². The van der Waals surface area contributed by atoms with E-state index < -0.39 is 10.8 Å². The van der Waals surface area contributed by atoms with Gasteiger partial charge in [0.2, 0.25) is 11.1 Å². The number of anilines is 2. The van der Waals surface area contributed by atoms with Gasteiger partial charge < -0.3 is 11.2 Å². The molecule has 2 rings (SSSR count). The van der Waals surface area contributed by atoms with Crippen molar-refractivity contribution in [2.24, 2.45) is 16.8 Å². The number of rotatable bonds is 5. The third-order valence-electron chi connectivity index (χ3n) is 3.70. The highest BCUT2D eigenvalue weighted by atomic mass is 32.2. The molecule has 0 aromatic heterocycles. The smallest absolute Gasteiger partial charge is 0.292 e. The number of nitro groups is 1. The van der Waals surface area contributed by atoms with Gasteiger partial charge in [0.25, 0.3) is 5.69 Å². The van der Waals surface area contributed by atoms with Gasteiger partial charge in [0, 0.05) is 6.07 Å². The molecule has 0 atom stereocenters. The van der Waals surface area contributed by atoms with Crippen molar-refractivity contribution in [3.05, 3.63) is 63.7 Å². The Bertz CT molecular complexity index is 866. The van der Waals surface area contributed by atoms with Gasteiger partial charge >= 0.3 is 0 Å². The fraction of sp³-hybridized carbons (Fsp3) is 0.176. The van der Waals surface area contributed by atoms with Crippen molar-refractivity contribution in [3.8, 4) is 0 Å². The Morgan fingerprint density at radius 1 is 1.22 bits per heavy atom. The number of nitrogens with two attached hydrogens (primary N) is 2. The zero-order valence-electron chi connectivity index (χ0n) is 14.9. The van der Waals surface area contributed by atoms with Crippen molar-refractivity contribution in [2.45, 2.75) is 13.8 Å². The van der Waals surface area contributed by atoms with Crippen LogP contribution in [0, 0.1) is 24.0 Å². The maximum Gasteiger partial charge on any atom is 0.292 e. The number of amides is 1. The van der Waals surface area contributed by atoms with E-state index in [0.29, 0.717) is 0 Å². The monoisotopic (exact) mass is 388 g/mol. The Morgan fingerprint density at radius 3 is 2.44 bits per heavy atom. The summed E-state index contributed by atoms with van der Waals surface area (Å²) >= 11 is 1.03. The molecular formula is C17H20N6O3S. The molecule has 0 spiro atoms. The summed E-state index contributed by atoms with van der Waals surface area (Å²) in [5, 5.41) is 18.8. The number of carbonyl (C=O) groups is 1. The molecule has 142 valence electrons. The summed E-state index contributed by atoms with van der Waals surface area (Å²) in [7, 11) is 0. The molecule has 10 heteroatoms. The summed E-state index contributed by atoms with van der Waals surface area (Å²) in [6.07, 6.45) is 0. The lowest BCUT2D eigenvalue weighted by Crippen LogP contribution is -2.38. The van der Waals surface area contributed by atoms with Crippen LogP contribution in [0.25, 0.3) is 0 Å². The highest BCUT2D eigenvalue weighted by Gasteiger charge is 2.18. The maximum absolute atomic E-state index is 12.2. The second-order valence-electron chi connectivity index (χ2n) is 5.63. The van der Waals surface area contributed by atoms with Crippen LogP contribution in [-0.4, -0.2) is 21.8 Å². The van der Waals surface area contributed by atoms with Crippen LogP contribution < -0.4 is 22.0 Å². The predicted octanol–water partition coefficient (Wildman–Crippen LogP) is 2.49. The number of para-hydroxylation sites is 3. The Labute approximate surface area is 160 Å². The van der Waals surface area contributed by atoms with E-state index >= 15 is 0 Å². The second-order valence-corrected chi connectivity index (χ2v) is 6.58. The lowest BCUT2D eigenvalue weighted by atomic mass is 10.1. The van der Waals surface area contributed by atoms with Crippen molar-refractivity contribution in [1.29, 1.82) is 0 Å². The Kier molecular flexibility index (Phi) is 6.74. The molecule has 2 aromatic carbocycles. The van der Waals surface area contributed by atoms with Crippen LogP contribution in [0.2, 0.25) is 0 Å². The number of hydrazone groups is 1. The van der Waals surface area contributed by atoms with Gasteiger partial charge in [-0.1, -0.05) is 42.1 Å². The second kappa shape index (κ2) is 9.01. The number of hydrogen-bond acceptors (Lipinski definition) is 7. The van der Waals surface area contributed by atoms with Crippen LogP contribution in [0.1, 0.15) is 11.1 Å². The van der Waals surface area contributed by atoms with Crippen molar-refractivity contribution in [3.63, 3.8) is 0 Å². The molecule has 0 aliphatic carbocycles. The average Bonchev–Trinajstić information content (AvgIpc) is 2.62. The number of nitrogens with one attached hydrogen (secondary N) is 1. The number of nitro benzene ring substituents is 1. The molecule has 9 nitrogen and oxygen atoms in total. The van der Waals surface area contributed by atoms with Crippen LogP contribution in [0.15, 0.2) is 47.6 Å². The van der Waals surface area contributed by atoms with Gasteiger partial charge in [0.05, 0.1) is 16.4 Å². The lowest BCUT2D eigenvalue weighted by molar-refractivity contribution is -0.383. The minimum absolute atomic E-state index is 0.0687. The van der Waals surface area contributed by atoms with Gasteiger partial charge in [0.15, 0.2) is 0 Å². The third kappa shape index (κ3) is 4.96. The SMILES string of the molecule is Cc1cccc(C)c1N(N)/C(=N\N)SCC(=O)Nc1ccccc1[N+](=O)[O-]. The van der Waals surface area contributed by atoms with E-state index in [1.54, 1.807) is 6.07 Å². The number of hydrazine groups is 1. The van der Waals surface area contributed by atoms with Crippen LogP contribution in [0.3, 0.4) is 0 Å². The highest BCUT2D eigenvalue weighted by molar-refractivity contribution is 8.14. The van der Waals surface area contributed by atoms with Gasteiger partial charge in [0.1, 0.15) is 5.69 Å². The number of carbonyl (C=O) groups excluding carboxylic acids is 1. The van der Waals surface area contributed by atoms with Crippen LogP contribution in [0.4, 0.5) is 17.1 Å². The molecule has 0 aliphatic heterocycles. The minimum atomic E-state index is -0.557. The molecule has 0 heterocycles. The molecular weight excluding hydrogens is 368 g/mol. The normalized spacial score (nSPS) is 11.1. The molecule has 0 unspecified atom stereocenters. The van der Waals surface area contributed by atoms with E-state index in [4.69, 9.17) is 11.7 Å². The summed E-state index contributed by atoms with van der Waals surface area (Å²) in [5.41, 5.74) is 2.55. The average molecular weight is 388 g/mol. The number of amidine groups is 1. The van der Waals surface area contributed by atoms with Gasteiger partial charge in [-0.25, -0.2) is 5.84 Å². The summed E-state index contributed by atoms with van der Waals surface area (Å²) < 4.78 is 0. The first kappa shape index (κ1) is 20.2. The number of thioether (sulfide) groups is 1. The van der Waals surface area contributed by atoms with E-state index in [1.807, 2.05) is 32.0 Å². The third-order valence-corrected chi connectivity index (χ3v) is 4.67. The largest absolute Gasteiger partial charge is 0.321 e. The van der Waals surface area contributed by atoms with E-state index in [-0.39, 0.29) is 22.3 Å². The first-order valence-electron chi connectivity index (χ1n) is 7.90. The summed E-state index contributed by atoms with van der Waals surface area (Å²) in [6.45, 7) is 3.81. The molecule has 0 bridgehead atoms. The van der Waals surface area contributed by atoms with Gasteiger partial charge in [-0.2, -0.15) is 5.10 Å². The zero-order chi connectivity index (χ0) is 20.0. The minimum Gasteiger partial charge on any atom is -0.321 e. The standard InChI is InChI=1S/C17H20N6O3S/c1-11-6-5-7-12(2)16(11)22(19)17(21-18)27-10-15(24)20-13-8-3-4-9-14(13)23(25)26/h3-9H,10,18-19H2,1-2H3,(H,20,24)/b21-17+. The van der Waals surface area contributed by atoms with Crippen molar-refractivity contribution in [2.75, 3.05) is 16.1 Å². The van der Waals surface area contributed by atoms with E-state index in [1.165, 1.54) is 23.2 Å². The Balaban J connectivity index is 2.06. The number of nitrogens with zero attached hydrogens (tertiary/aromatic N) is 3. The molecule has 0 fully saturated rings. The zero-order valence-corrected chi connectivity index (χ0v) is 15.7. The van der Waals surface area contributed by atoms with Gasteiger partial charge in [-0.05, 0) is 31.0 Å². The van der Waals surface area contributed by atoms with Crippen molar-refractivity contribution < 1.29 is 9.72 Å². The van der Waals surface area contributed by atoms with Crippen LogP contribution in [0.5, 0.6) is 0 Å². The first-order valence-corrected chi connectivity index (χ1v) is 8.88. The summed E-state index contributed by atoms with van der Waals surface area (Å²) in [5.74, 6) is 11.1. The molecule has 0 saturated carbocycles. The Hall–Kier alpha value is -3.11. The molecule has 5 N–H and O–H groups in total. The molecule has 27 heavy (non-hydrogen) atoms. The number of aryl methyl sites for hydroxylation is 2. The van der Waals surface area contributed by atoms with E-state index in [0.717, 1.165) is 28.6 Å². The van der Waals surface area contributed by atoms with Crippen molar-refractivity contribution in [1.82, 2.24) is 0 Å². The number of benzene rings is 2. The quantitative estimate of drug-likeness (QED) is 0.235. The molecule has 2 aromatic rings. The molecule has 0 saturated heterocycles. The van der Waals surface area contributed by atoms with Crippen molar-refractivity contribution >= 4 is 39.9 Å². The number of hydrogen-bond donors (Lipinski definition) is 3. The molecule has 1 amide bonds. The predicted molar refractivity (Wildman–Crippen MR) is 108 cm³/mol. The molecule has 0 aliphatic rings. The van der Waals surface area contributed by atoms with E-state index in [2.05, 4.69) is 10.4 Å². The lowest BCUT2D eigenvalue weighted by Gasteiger charge is -2.23. The van der Waals surface area contributed by atoms with Gasteiger partial charge in [-0.15, -0.1) is 0 Å². The Morgan fingerprint density at radius 2 is 1.85 bits per heavy atom. The maximum atomic E-state index is 12.2. The highest BCUT2D eigenvalue weighted by Crippen LogP contribution is 2.26. The molecule has 0 radical (unpaired) electrons. The fourth-order valence-corrected chi connectivity index (χ4v) is 3.14. The van der Waals surface area contributed by atoms with Crippen LogP contribution in [-0.2, 0) is 4.79 Å². The fourth-order valence-electron chi connectivity index (χ4n) is 2.51. The topological polar surface area (TPSA) is 140 Å². The first-order chi connectivity index (χ1) is 12.8. The van der Waals surface area contributed by atoms with Gasteiger partial charge in [-0.3, -0.25) is 19.9 Å². The van der Waals surface area contributed by atoms with E-state index in [9.17, 15) is 14.9 Å². The summed E-state index contributed by atoms with van der Waals surface area (Å²) in [4.78, 5) is 22.6. The summed E-state index contributed by atoms with van der Waals surface area (Å²) in [6, 6.07) is 11.6.